The fourth-order valence-electron chi connectivity index (χ4n) is 1.97. The quantitative estimate of drug-likeness (QED) is 0.736. The van der Waals surface area contributed by atoms with Gasteiger partial charge in [-0.25, -0.2) is 9.97 Å². The van der Waals surface area contributed by atoms with Gasteiger partial charge in [0.25, 0.3) is 0 Å². The lowest BCUT2D eigenvalue weighted by molar-refractivity contribution is 1.18. The number of rotatable bonds is 3. The van der Waals surface area contributed by atoms with Crippen LogP contribution in [0.4, 0.5) is 5.82 Å². The van der Waals surface area contributed by atoms with Crippen molar-refractivity contribution in [2.75, 3.05) is 11.9 Å². The van der Waals surface area contributed by atoms with Crippen LogP contribution >= 0.6 is 0 Å². The van der Waals surface area contributed by atoms with Crippen molar-refractivity contribution in [2.45, 2.75) is 0 Å². The maximum Gasteiger partial charge on any atom is 0.163 e. The molecule has 0 aliphatic heterocycles. The van der Waals surface area contributed by atoms with Gasteiger partial charge in [0.1, 0.15) is 5.82 Å². The molecule has 0 saturated carbocycles. The number of nitrogens with one attached hydrogen (secondary N) is 1. The Labute approximate surface area is 116 Å². The number of fused-ring (bicyclic) bond motifs is 1. The van der Waals surface area contributed by atoms with Gasteiger partial charge >= 0.3 is 0 Å². The third kappa shape index (κ3) is 2.29. The minimum absolute atomic E-state index is 0.424. The second-order valence-electron chi connectivity index (χ2n) is 4.21. The molecule has 1 aromatic carbocycles. The number of hydrogen-bond acceptors (Lipinski definition) is 4. The summed E-state index contributed by atoms with van der Waals surface area (Å²) in [6, 6.07) is 11.6. The minimum atomic E-state index is 0.424. The molecule has 0 radical (unpaired) electrons. The van der Waals surface area contributed by atoms with Crippen molar-refractivity contribution in [1.82, 2.24) is 15.0 Å². The van der Waals surface area contributed by atoms with E-state index in [2.05, 4.69) is 26.2 Å². The van der Waals surface area contributed by atoms with E-state index in [0.29, 0.717) is 12.4 Å². The molecule has 0 fully saturated rings. The molecule has 3 aromatic rings. The molecule has 0 bridgehead atoms. The fourth-order valence-corrected chi connectivity index (χ4v) is 1.97. The van der Waals surface area contributed by atoms with Crippen LogP contribution in [-0.2, 0) is 0 Å². The molecular weight excluding hydrogens is 248 g/mol. The first-order valence-electron chi connectivity index (χ1n) is 6.23. The molecule has 0 saturated heterocycles. The van der Waals surface area contributed by atoms with E-state index in [1.54, 1.807) is 12.4 Å². The van der Waals surface area contributed by atoms with Gasteiger partial charge in [0.2, 0.25) is 0 Å². The third-order valence-electron chi connectivity index (χ3n) is 2.88. The summed E-state index contributed by atoms with van der Waals surface area (Å²) in [5, 5.41) is 4.09. The highest BCUT2D eigenvalue weighted by Gasteiger charge is 2.08. The van der Waals surface area contributed by atoms with E-state index in [4.69, 9.17) is 6.42 Å². The second kappa shape index (κ2) is 5.37. The molecule has 0 aliphatic rings. The Kier molecular flexibility index (Phi) is 3.25. The standard InChI is InChI=1S/C16H12N4/c1-2-9-18-16-13-7-3-4-8-14(13)19-15(20-16)12-6-5-10-17-11-12/h1,3-8,10-11H,9H2,(H,18,19,20). The van der Waals surface area contributed by atoms with Crippen molar-refractivity contribution in [3.8, 4) is 23.7 Å². The van der Waals surface area contributed by atoms with Crippen molar-refractivity contribution in [3.05, 3.63) is 48.8 Å². The Bertz CT molecular complexity index is 775. The van der Waals surface area contributed by atoms with Crippen molar-refractivity contribution in [2.24, 2.45) is 0 Å². The summed E-state index contributed by atoms with van der Waals surface area (Å²) in [5.74, 6) is 3.93. The zero-order chi connectivity index (χ0) is 13.8. The van der Waals surface area contributed by atoms with E-state index >= 15 is 0 Å². The molecule has 20 heavy (non-hydrogen) atoms. The van der Waals surface area contributed by atoms with Crippen LogP contribution in [-0.4, -0.2) is 21.5 Å². The van der Waals surface area contributed by atoms with Crippen LogP contribution in [0.5, 0.6) is 0 Å². The molecule has 2 aromatic heterocycles. The number of terminal acetylenes is 1. The number of para-hydroxylation sites is 1. The summed E-state index contributed by atoms with van der Waals surface area (Å²) in [6.45, 7) is 0.424. The first-order chi connectivity index (χ1) is 9.88. The monoisotopic (exact) mass is 260 g/mol. The van der Waals surface area contributed by atoms with Crippen molar-refractivity contribution >= 4 is 16.7 Å². The Morgan fingerprint density at radius 3 is 2.80 bits per heavy atom. The zero-order valence-electron chi connectivity index (χ0n) is 10.7. The maximum atomic E-state index is 5.30. The number of nitrogens with zero attached hydrogens (tertiary/aromatic N) is 3. The van der Waals surface area contributed by atoms with Crippen molar-refractivity contribution in [3.63, 3.8) is 0 Å². The van der Waals surface area contributed by atoms with Gasteiger partial charge in [-0.15, -0.1) is 6.42 Å². The maximum absolute atomic E-state index is 5.30. The molecule has 2 heterocycles. The van der Waals surface area contributed by atoms with Crippen molar-refractivity contribution in [1.29, 1.82) is 0 Å². The van der Waals surface area contributed by atoms with Gasteiger partial charge in [-0.1, -0.05) is 18.1 Å². The normalized spacial score (nSPS) is 10.2. The van der Waals surface area contributed by atoms with Crippen LogP contribution < -0.4 is 5.32 Å². The molecular formula is C16H12N4. The number of anilines is 1. The lowest BCUT2D eigenvalue weighted by Crippen LogP contribution is -2.04. The Morgan fingerprint density at radius 1 is 1.10 bits per heavy atom. The minimum Gasteiger partial charge on any atom is -0.359 e. The topological polar surface area (TPSA) is 50.7 Å². The molecule has 0 aliphatic carbocycles. The Hall–Kier alpha value is -2.93. The highest BCUT2D eigenvalue weighted by atomic mass is 15.0. The molecule has 0 amide bonds. The number of hydrogen-bond donors (Lipinski definition) is 1. The van der Waals surface area contributed by atoms with Crippen LogP contribution in [0.1, 0.15) is 0 Å². The first kappa shape index (κ1) is 12.1. The van der Waals surface area contributed by atoms with Gasteiger partial charge in [0, 0.05) is 23.3 Å². The molecule has 4 nitrogen and oxygen atoms in total. The van der Waals surface area contributed by atoms with E-state index < -0.39 is 0 Å². The molecule has 96 valence electrons. The Morgan fingerprint density at radius 2 is 2.00 bits per heavy atom. The van der Waals surface area contributed by atoms with E-state index in [0.717, 1.165) is 22.3 Å². The van der Waals surface area contributed by atoms with E-state index in [-0.39, 0.29) is 0 Å². The summed E-state index contributed by atoms with van der Waals surface area (Å²) in [4.78, 5) is 13.2. The molecule has 0 atom stereocenters. The summed E-state index contributed by atoms with van der Waals surface area (Å²) in [5.41, 5.74) is 1.75. The highest BCUT2D eigenvalue weighted by molar-refractivity contribution is 5.90. The number of aromatic nitrogens is 3. The molecule has 4 heteroatoms. The summed E-state index contributed by atoms with van der Waals surface area (Å²) in [6.07, 6.45) is 8.77. The smallest absolute Gasteiger partial charge is 0.163 e. The van der Waals surface area contributed by atoms with Gasteiger partial charge in [-0.2, -0.15) is 0 Å². The van der Waals surface area contributed by atoms with Crippen LogP contribution in [0.3, 0.4) is 0 Å². The van der Waals surface area contributed by atoms with Crippen LogP contribution in [0, 0.1) is 12.3 Å². The molecule has 3 rings (SSSR count). The SMILES string of the molecule is C#CCNc1nc(-c2cccnc2)nc2ccccc12. The van der Waals surface area contributed by atoms with Crippen LogP contribution in [0.2, 0.25) is 0 Å². The number of benzene rings is 1. The Balaban J connectivity index is 2.17. The van der Waals surface area contributed by atoms with Crippen LogP contribution in [0.25, 0.3) is 22.3 Å². The van der Waals surface area contributed by atoms with Gasteiger partial charge < -0.3 is 5.32 Å². The highest BCUT2D eigenvalue weighted by Crippen LogP contribution is 2.24. The average molecular weight is 260 g/mol. The average Bonchev–Trinajstić information content (AvgIpc) is 2.53. The summed E-state index contributed by atoms with van der Waals surface area (Å²) < 4.78 is 0. The zero-order valence-corrected chi connectivity index (χ0v) is 10.7. The molecule has 1 N–H and O–H groups in total. The van der Waals surface area contributed by atoms with E-state index in [1.165, 1.54) is 0 Å². The van der Waals surface area contributed by atoms with E-state index in [9.17, 15) is 0 Å². The van der Waals surface area contributed by atoms with E-state index in [1.807, 2.05) is 36.4 Å². The van der Waals surface area contributed by atoms with Crippen molar-refractivity contribution < 1.29 is 0 Å². The largest absolute Gasteiger partial charge is 0.359 e. The fraction of sp³-hybridized carbons (Fsp3) is 0.0625. The predicted molar refractivity (Wildman–Crippen MR) is 80.1 cm³/mol. The molecule has 0 spiro atoms. The third-order valence-corrected chi connectivity index (χ3v) is 2.88. The predicted octanol–water partition coefficient (Wildman–Crippen LogP) is 2.74. The van der Waals surface area contributed by atoms with Gasteiger partial charge in [0.15, 0.2) is 5.82 Å². The van der Waals surface area contributed by atoms with Gasteiger partial charge in [0.05, 0.1) is 12.1 Å². The first-order valence-corrected chi connectivity index (χ1v) is 6.23. The lowest BCUT2D eigenvalue weighted by Gasteiger charge is -2.09. The van der Waals surface area contributed by atoms with Gasteiger partial charge in [-0.05, 0) is 24.3 Å². The van der Waals surface area contributed by atoms with Crippen LogP contribution in [0.15, 0.2) is 48.8 Å². The summed E-state index contributed by atoms with van der Waals surface area (Å²) in [7, 11) is 0. The molecule has 0 unspecified atom stereocenters. The summed E-state index contributed by atoms with van der Waals surface area (Å²) >= 11 is 0. The lowest BCUT2D eigenvalue weighted by atomic mass is 10.2. The van der Waals surface area contributed by atoms with Gasteiger partial charge in [-0.3, -0.25) is 4.98 Å². The number of pyridine rings is 1. The second-order valence-corrected chi connectivity index (χ2v) is 4.21.